The average Bonchev–Trinajstić information content (AvgIpc) is 2.33. The predicted molar refractivity (Wildman–Crippen MR) is 91.9 cm³/mol. The van der Waals surface area contributed by atoms with Crippen molar-refractivity contribution in [1.29, 1.82) is 0 Å². The van der Waals surface area contributed by atoms with Crippen LogP contribution in [0.3, 0.4) is 0 Å². The summed E-state index contributed by atoms with van der Waals surface area (Å²) in [6, 6.07) is 12.0. The van der Waals surface area contributed by atoms with Crippen molar-refractivity contribution >= 4 is 40.3 Å². The standard InChI is InChI=1S/C16H17ClN2S/c1-10-7-11(2)9-13(8-10)18-16(20)19-15-6-4-5-14(17)12(15)3/h4-9H,1-3H3,(H2,18,19,20). The summed E-state index contributed by atoms with van der Waals surface area (Å²) in [4.78, 5) is 0. The van der Waals surface area contributed by atoms with Gasteiger partial charge < -0.3 is 10.6 Å². The Labute approximate surface area is 130 Å². The van der Waals surface area contributed by atoms with E-state index in [1.165, 1.54) is 11.1 Å². The van der Waals surface area contributed by atoms with Crippen LogP contribution in [0.1, 0.15) is 16.7 Å². The lowest BCUT2D eigenvalue weighted by Crippen LogP contribution is -2.19. The Morgan fingerprint density at radius 3 is 2.30 bits per heavy atom. The number of hydrogen-bond acceptors (Lipinski definition) is 1. The highest BCUT2D eigenvalue weighted by Gasteiger charge is 2.04. The smallest absolute Gasteiger partial charge is 0.175 e. The number of hydrogen-bond donors (Lipinski definition) is 2. The van der Waals surface area contributed by atoms with Crippen LogP contribution in [-0.2, 0) is 0 Å². The van der Waals surface area contributed by atoms with Crippen molar-refractivity contribution in [2.75, 3.05) is 10.6 Å². The van der Waals surface area contributed by atoms with Gasteiger partial charge in [0.2, 0.25) is 0 Å². The van der Waals surface area contributed by atoms with Crippen molar-refractivity contribution < 1.29 is 0 Å². The highest BCUT2D eigenvalue weighted by atomic mass is 35.5. The van der Waals surface area contributed by atoms with E-state index >= 15 is 0 Å². The lowest BCUT2D eigenvalue weighted by molar-refractivity contribution is 1.38. The lowest BCUT2D eigenvalue weighted by atomic mass is 10.1. The van der Waals surface area contributed by atoms with Gasteiger partial charge >= 0.3 is 0 Å². The van der Waals surface area contributed by atoms with Gasteiger partial charge in [-0.15, -0.1) is 0 Å². The molecule has 0 aliphatic carbocycles. The van der Waals surface area contributed by atoms with Gasteiger partial charge in [0, 0.05) is 16.4 Å². The zero-order chi connectivity index (χ0) is 14.7. The Morgan fingerprint density at radius 2 is 1.65 bits per heavy atom. The van der Waals surface area contributed by atoms with Gasteiger partial charge in [-0.1, -0.05) is 23.7 Å². The predicted octanol–water partition coefficient (Wildman–Crippen LogP) is 5.07. The Kier molecular flexibility index (Phi) is 4.63. The van der Waals surface area contributed by atoms with Gasteiger partial charge in [-0.3, -0.25) is 0 Å². The molecule has 0 saturated carbocycles. The van der Waals surface area contributed by atoms with E-state index in [0.29, 0.717) is 5.11 Å². The summed E-state index contributed by atoms with van der Waals surface area (Å²) in [6.07, 6.45) is 0. The number of rotatable bonds is 2. The molecule has 0 fully saturated rings. The normalized spacial score (nSPS) is 10.2. The first kappa shape index (κ1) is 14.8. The number of aryl methyl sites for hydroxylation is 2. The highest BCUT2D eigenvalue weighted by Crippen LogP contribution is 2.23. The molecular weight excluding hydrogens is 288 g/mol. The van der Waals surface area contributed by atoms with E-state index in [4.69, 9.17) is 23.8 Å². The van der Waals surface area contributed by atoms with Crippen molar-refractivity contribution in [3.63, 3.8) is 0 Å². The van der Waals surface area contributed by atoms with Crippen LogP contribution in [0.2, 0.25) is 5.02 Å². The minimum Gasteiger partial charge on any atom is -0.332 e. The number of benzene rings is 2. The second-order valence-corrected chi connectivity index (χ2v) is 5.68. The highest BCUT2D eigenvalue weighted by molar-refractivity contribution is 7.80. The molecule has 0 bridgehead atoms. The van der Waals surface area contributed by atoms with Gasteiger partial charge in [0.15, 0.2) is 5.11 Å². The molecule has 0 saturated heterocycles. The van der Waals surface area contributed by atoms with Gasteiger partial charge in [0.1, 0.15) is 0 Å². The fraction of sp³-hybridized carbons (Fsp3) is 0.188. The number of nitrogens with one attached hydrogen (secondary N) is 2. The van der Waals surface area contributed by atoms with Gasteiger partial charge in [0.25, 0.3) is 0 Å². The third-order valence-corrected chi connectivity index (χ3v) is 3.61. The third kappa shape index (κ3) is 3.71. The van der Waals surface area contributed by atoms with Crippen LogP contribution in [0.4, 0.5) is 11.4 Å². The van der Waals surface area contributed by atoms with E-state index in [1.807, 2.05) is 25.1 Å². The van der Waals surface area contributed by atoms with E-state index in [-0.39, 0.29) is 0 Å². The SMILES string of the molecule is Cc1cc(C)cc(NC(=S)Nc2cccc(Cl)c2C)c1. The second-order valence-electron chi connectivity index (χ2n) is 4.87. The molecule has 0 aliphatic rings. The van der Waals surface area contributed by atoms with Crippen LogP contribution < -0.4 is 10.6 Å². The molecule has 2 nitrogen and oxygen atoms in total. The van der Waals surface area contributed by atoms with Crippen molar-refractivity contribution in [2.45, 2.75) is 20.8 Å². The van der Waals surface area contributed by atoms with Crippen LogP contribution in [0.25, 0.3) is 0 Å². The maximum Gasteiger partial charge on any atom is 0.175 e. The molecule has 0 amide bonds. The molecule has 0 spiro atoms. The molecule has 0 aliphatic heterocycles. The lowest BCUT2D eigenvalue weighted by Gasteiger charge is -2.14. The van der Waals surface area contributed by atoms with Crippen molar-refractivity contribution in [1.82, 2.24) is 0 Å². The van der Waals surface area contributed by atoms with Crippen LogP contribution in [-0.4, -0.2) is 5.11 Å². The fourth-order valence-corrected chi connectivity index (χ4v) is 2.48. The fourth-order valence-electron chi connectivity index (χ4n) is 2.07. The summed E-state index contributed by atoms with van der Waals surface area (Å²) in [7, 11) is 0. The molecule has 4 heteroatoms. The minimum atomic E-state index is 0.556. The third-order valence-electron chi connectivity index (χ3n) is 3.00. The zero-order valence-electron chi connectivity index (χ0n) is 11.8. The first-order valence-corrected chi connectivity index (χ1v) is 7.16. The van der Waals surface area contributed by atoms with E-state index in [0.717, 1.165) is 22.0 Å². The Hall–Kier alpha value is -1.58. The molecule has 2 aromatic rings. The Balaban J connectivity index is 2.11. The maximum atomic E-state index is 6.10. The second kappa shape index (κ2) is 6.25. The molecule has 0 atom stereocenters. The molecule has 2 rings (SSSR count). The molecule has 0 heterocycles. The van der Waals surface area contributed by atoms with Crippen LogP contribution in [0.15, 0.2) is 36.4 Å². The van der Waals surface area contributed by atoms with Crippen LogP contribution in [0, 0.1) is 20.8 Å². The van der Waals surface area contributed by atoms with Crippen LogP contribution >= 0.6 is 23.8 Å². The molecule has 2 N–H and O–H groups in total. The van der Waals surface area contributed by atoms with E-state index in [1.54, 1.807) is 0 Å². The van der Waals surface area contributed by atoms with E-state index in [2.05, 4.69) is 42.7 Å². The van der Waals surface area contributed by atoms with Crippen molar-refractivity contribution in [3.8, 4) is 0 Å². The summed E-state index contributed by atoms with van der Waals surface area (Å²) in [6.45, 7) is 6.09. The van der Waals surface area contributed by atoms with E-state index < -0.39 is 0 Å². The monoisotopic (exact) mass is 304 g/mol. The first-order valence-electron chi connectivity index (χ1n) is 6.37. The molecular formula is C16H17ClN2S. The first-order chi connectivity index (χ1) is 9.45. The largest absolute Gasteiger partial charge is 0.332 e. The van der Waals surface area contributed by atoms with Gasteiger partial charge in [-0.25, -0.2) is 0 Å². The number of thiocarbonyl (C=S) groups is 1. The van der Waals surface area contributed by atoms with E-state index in [9.17, 15) is 0 Å². The summed E-state index contributed by atoms with van der Waals surface area (Å²) in [5, 5.41) is 7.65. The molecule has 2 aromatic carbocycles. The quantitative estimate of drug-likeness (QED) is 0.757. The van der Waals surface area contributed by atoms with Crippen LogP contribution in [0.5, 0.6) is 0 Å². The summed E-state index contributed by atoms with van der Waals surface area (Å²) < 4.78 is 0. The summed E-state index contributed by atoms with van der Waals surface area (Å²) >= 11 is 11.4. The number of anilines is 2. The zero-order valence-corrected chi connectivity index (χ0v) is 13.3. The minimum absolute atomic E-state index is 0.556. The van der Waals surface area contributed by atoms with Gasteiger partial charge in [0.05, 0.1) is 0 Å². The van der Waals surface area contributed by atoms with Gasteiger partial charge in [-0.05, 0) is 73.9 Å². The van der Waals surface area contributed by atoms with Crippen molar-refractivity contribution in [2.24, 2.45) is 0 Å². The van der Waals surface area contributed by atoms with Crippen molar-refractivity contribution in [3.05, 3.63) is 58.1 Å². The molecule has 20 heavy (non-hydrogen) atoms. The molecule has 0 radical (unpaired) electrons. The topological polar surface area (TPSA) is 24.1 Å². The maximum absolute atomic E-state index is 6.10. The summed E-state index contributed by atoms with van der Waals surface area (Å²) in [5.41, 5.74) is 5.29. The molecule has 104 valence electrons. The molecule has 0 aromatic heterocycles. The Bertz CT molecular complexity index is 633. The average molecular weight is 305 g/mol. The summed E-state index contributed by atoms with van der Waals surface area (Å²) in [5.74, 6) is 0. The van der Waals surface area contributed by atoms with Gasteiger partial charge in [-0.2, -0.15) is 0 Å². The Morgan fingerprint density at radius 1 is 1.00 bits per heavy atom. The molecule has 0 unspecified atom stereocenters. The number of halogens is 1.